The van der Waals surface area contributed by atoms with Crippen LogP contribution in [0, 0.1) is 12.8 Å². The van der Waals surface area contributed by atoms with Gasteiger partial charge in [-0.25, -0.2) is 8.42 Å². The third-order valence-electron chi connectivity index (χ3n) is 4.10. The summed E-state index contributed by atoms with van der Waals surface area (Å²) in [5.41, 5.74) is 1.36. The van der Waals surface area contributed by atoms with E-state index < -0.39 is 10.0 Å². The fourth-order valence-electron chi connectivity index (χ4n) is 2.89. The van der Waals surface area contributed by atoms with Crippen LogP contribution in [0.2, 0.25) is 0 Å². The number of aryl methyl sites for hydroxylation is 1. The number of rotatable bonds is 3. The Morgan fingerprint density at radius 3 is 2.65 bits per heavy atom. The second kappa shape index (κ2) is 5.84. The number of benzene rings is 1. The zero-order valence-electron chi connectivity index (χ0n) is 12.3. The monoisotopic (exact) mass is 297 g/mol. The van der Waals surface area contributed by atoms with Gasteiger partial charge < -0.3 is 5.11 Å². The van der Waals surface area contributed by atoms with E-state index in [9.17, 15) is 13.5 Å². The Kier molecular flexibility index (Phi) is 4.52. The molecule has 20 heavy (non-hydrogen) atoms. The molecule has 2 atom stereocenters. The molecule has 0 saturated carbocycles. The van der Waals surface area contributed by atoms with E-state index in [0.717, 1.165) is 18.4 Å². The molecule has 1 aliphatic rings. The first kappa shape index (κ1) is 15.5. The fourth-order valence-corrected chi connectivity index (χ4v) is 4.82. The standard InChI is InChI=1S/C15H23NO3S/c1-11-6-7-16(13(3)8-11)20(18,19)15-9-14(10-17)5-4-12(15)2/h4-5,9,11,13,17H,6-8,10H2,1-3H3. The quantitative estimate of drug-likeness (QED) is 0.931. The summed E-state index contributed by atoms with van der Waals surface area (Å²) in [6.45, 7) is 6.37. The molecule has 0 aromatic heterocycles. The number of nitrogens with zero attached hydrogens (tertiary/aromatic N) is 1. The van der Waals surface area contributed by atoms with Crippen LogP contribution in [0.5, 0.6) is 0 Å². The Bertz CT molecular complexity index is 583. The Hall–Kier alpha value is -0.910. The maximum atomic E-state index is 12.8. The van der Waals surface area contributed by atoms with Crippen molar-refractivity contribution < 1.29 is 13.5 Å². The molecule has 1 aliphatic heterocycles. The zero-order valence-corrected chi connectivity index (χ0v) is 13.2. The molecule has 1 fully saturated rings. The number of hydrogen-bond acceptors (Lipinski definition) is 3. The number of piperidine rings is 1. The lowest BCUT2D eigenvalue weighted by molar-refractivity contribution is 0.220. The predicted octanol–water partition coefficient (Wildman–Crippen LogP) is 2.30. The first-order valence-corrected chi connectivity index (χ1v) is 8.52. The lowest BCUT2D eigenvalue weighted by atomic mass is 9.95. The highest BCUT2D eigenvalue weighted by molar-refractivity contribution is 7.89. The zero-order chi connectivity index (χ0) is 14.9. The number of hydrogen-bond donors (Lipinski definition) is 1. The summed E-state index contributed by atoms with van der Waals surface area (Å²) in [6.07, 6.45) is 1.81. The van der Waals surface area contributed by atoms with Gasteiger partial charge in [0.25, 0.3) is 0 Å². The van der Waals surface area contributed by atoms with E-state index in [1.54, 1.807) is 29.4 Å². The van der Waals surface area contributed by atoms with Gasteiger partial charge in [-0.1, -0.05) is 19.1 Å². The molecule has 1 aromatic rings. The van der Waals surface area contributed by atoms with E-state index in [4.69, 9.17) is 0 Å². The molecule has 2 unspecified atom stereocenters. The summed E-state index contributed by atoms with van der Waals surface area (Å²) in [4.78, 5) is 0.324. The summed E-state index contributed by atoms with van der Waals surface area (Å²) in [5.74, 6) is 0.571. The van der Waals surface area contributed by atoms with Crippen LogP contribution >= 0.6 is 0 Å². The van der Waals surface area contributed by atoms with Crippen molar-refractivity contribution in [1.82, 2.24) is 4.31 Å². The summed E-state index contributed by atoms with van der Waals surface area (Å²) < 4.78 is 27.3. The topological polar surface area (TPSA) is 57.6 Å². The minimum atomic E-state index is -3.48. The van der Waals surface area contributed by atoms with Crippen LogP contribution in [0.3, 0.4) is 0 Å². The van der Waals surface area contributed by atoms with Crippen molar-refractivity contribution in [3.05, 3.63) is 29.3 Å². The van der Waals surface area contributed by atoms with Crippen molar-refractivity contribution in [3.8, 4) is 0 Å². The molecular formula is C15H23NO3S. The molecule has 1 saturated heterocycles. The number of aliphatic hydroxyl groups is 1. The van der Waals surface area contributed by atoms with Crippen LogP contribution in [-0.2, 0) is 16.6 Å². The van der Waals surface area contributed by atoms with Crippen LogP contribution in [0.1, 0.15) is 37.8 Å². The van der Waals surface area contributed by atoms with E-state index in [1.807, 2.05) is 6.92 Å². The van der Waals surface area contributed by atoms with Gasteiger partial charge in [0.1, 0.15) is 0 Å². The first-order valence-electron chi connectivity index (χ1n) is 7.08. The molecule has 0 amide bonds. The molecule has 0 bridgehead atoms. The SMILES string of the molecule is Cc1ccc(CO)cc1S(=O)(=O)N1CCC(C)CC1C. The smallest absolute Gasteiger partial charge is 0.243 e. The van der Waals surface area contributed by atoms with Crippen LogP contribution in [0.4, 0.5) is 0 Å². The number of sulfonamides is 1. The molecule has 2 rings (SSSR count). The molecule has 4 nitrogen and oxygen atoms in total. The molecule has 0 aliphatic carbocycles. The van der Waals surface area contributed by atoms with Crippen LogP contribution in [0.15, 0.2) is 23.1 Å². The van der Waals surface area contributed by atoms with Crippen LogP contribution < -0.4 is 0 Å². The van der Waals surface area contributed by atoms with Crippen molar-refractivity contribution in [1.29, 1.82) is 0 Å². The van der Waals surface area contributed by atoms with E-state index in [2.05, 4.69) is 6.92 Å². The maximum absolute atomic E-state index is 12.8. The summed E-state index contributed by atoms with van der Waals surface area (Å²) in [7, 11) is -3.48. The van der Waals surface area contributed by atoms with E-state index in [0.29, 0.717) is 22.9 Å². The van der Waals surface area contributed by atoms with Crippen LogP contribution in [0.25, 0.3) is 0 Å². The average Bonchev–Trinajstić information content (AvgIpc) is 2.38. The minimum Gasteiger partial charge on any atom is -0.392 e. The molecule has 5 heteroatoms. The van der Waals surface area contributed by atoms with Gasteiger partial charge in [0.2, 0.25) is 10.0 Å². The molecule has 1 aromatic carbocycles. The second-order valence-electron chi connectivity index (χ2n) is 5.85. The van der Waals surface area contributed by atoms with Crippen molar-refractivity contribution in [2.45, 2.75) is 51.2 Å². The highest BCUT2D eigenvalue weighted by Crippen LogP contribution is 2.29. The maximum Gasteiger partial charge on any atom is 0.243 e. The van der Waals surface area contributed by atoms with Gasteiger partial charge in [0, 0.05) is 12.6 Å². The molecule has 0 spiro atoms. The van der Waals surface area contributed by atoms with E-state index in [1.165, 1.54) is 0 Å². The Labute approximate surface area is 121 Å². The third-order valence-corrected chi connectivity index (χ3v) is 6.25. The summed E-state index contributed by atoms with van der Waals surface area (Å²) >= 11 is 0. The predicted molar refractivity (Wildman–Crippen MR) is 78.9 cm³/mol. The molecule has 1 heterocycles. The van der Waals surface area contributed by atoms with Crippen molar-refractivity contribution in [2.75, 3.05) is 6.54 Å². The minimum absolute atomic E-state index is 0.0286. The van der Waals surface area contributed by atoms with Crippen molar-refractivity contribution in [3.63, 3.8) is 0 Å². The Morgan fingerprint density at radius 2 is 2.05 bits per heavy atom. The normalized spacial score (nSPS) is 24.8. The largest absolute Gasteiger partial charge is 0.392 e. The van der Waals surface area contributed by atoms with Crippen LogP contribution in [-0.4, -0.2) is 30.4 Å². The molecule has 0 radical (unpaired) electrons. The summed E-state index contributed by atoms with van der Waals surface area (Å²) in [5, 5.41) is 9.21. The van der Waals surface area contributed by atoms with Gasteiger partial charge in [-0.05, 0) is 49.8 Å². The van der Waals surface area contributed by atoms with Gasteiger partial charge in [-0.2, -0.15) is 4.31 Å². The Balaban J connectivity index is 2.40. The lowest BCUT2D eigenvalue weighted by Gasteiger charge is -2.35. The van der Waals surface area contributed by atoms with Gasteiger partial charge in [0.15, 0.2) is 0 Å². The lowest BCUT2D eigenvalue weighted by Crippen LogP contribution is -2.44. The average molecular weight is 297 g/mol. The fraction of sp³-hybridized carbons (Fsp3) is 0.600. The summed E-state index contributed by atoms with van der Waals surface area (Å²) in [6, 6.07) is 5.14. The molecule has 1 N–H and O–H groups in total. The van der Waals surface area contributed by atoms with Crippen molar-refractivity contribution >= 4 is 10.0 Å². The van der Waals surface area contributed by atoms with Gasteiger partial charge in [-0.15, -0.1) is 0 Å². The van der Waals surface area contributed by atoms with Gasteiger partial charge >= 0.3 is 0 Å². The van der Waals surface area contributed by atoms with Gasteiger partial charge in [0.05, 0.1) is 11.5 Å². The highest BCUT2D eigenvalue weighted by Gasteiger charge is 2.34. The van der Waals surface area contributed by atoms with Gasteiger partial charge in [-0.3, -0.25) is 0 Å². The molecular weight excluding hydrogens is 274 g/mol. The van der Waals surface area contributed by atoms with Crippen molar-refractivity contribution in [2.24, 2.45) is 5.92 Å². The second-order valence-corrected chi connectivity index (χ2v) is 7.71. The van der Waals surface area contributed by atoms with E-state index >= 15 is 0 Å². The molecule has 112 valence electrons. The Morgan fingerprint density at radius 1 is 1.35 bits per heavy atom. The third kappa shape index (κ3) is 2.90. The first-order chi connectivity index (χ1) is 9.36. The number of aliphatic hydroxyl groups excluding tert-OH is 1. The van der Waals surface area contributed by atoms with E-state index in [-0.39, 0.29) is 12.6 Å². The highest BCUT2D eigenvalue weighted by atomic mass is 32.2.